The van der Waals surface area contributed by atoms with Crippen LogP contribution in [0, 0.1) is 0 Å². The maximum atomic E-state index is 11.7. The van der Waals surface area contributed by atoms with Gasteiger partial charge in [0.15, 0.2) is 5.69 Å². The molecule has 0 radical (unpaired) electrons. The topological polar surface area (TPSA) is 57.0 Å². The third-order valence-electron chi connectivity index (χ3n) is 3.03. The zero-order valence-corrected chi connectivity index (χ0v) is 13.4. The second-order valence-corrected chi connectivity index (χ2v) is 5.71. The molecule has 21 heavy (non-hydrogen) atoms. The van der Waals surface area contributed by atoms with Gasteiger partial charge < -0.3 is 4.74 Å². The number of carbonyl (C=O) groups is 1. The van der Waals surface area contributed by atoms with Crippen molar-refractivity contribution in [1.29, 1.82) is 0 Å². The predicted molar refractivity (Wildman–Crippen MR) is 81.0 cm³/mol. The molecule has 0 aliphatic carbocycles. The van der Waals surface area contributed by atoms with Gasteiger partial charge in [0.2, 0.25) is 0 Å². The highest BCUT2D eigenvalue weighted by Crippen LogP contribution is 2.24. The van der Waals surface area contributed by atoms with E-state index in [1.54, 1.807) is 16.8 Å². The molecule has 0 bridgehead atoms. The average molecular weight is 328 g/mol. The van der Waals surface area contributed by atoms with Crippen molar-refractivity contribution in [3.8, 4) is 0 Å². The smallest absolute Gasteiger partial charge is 0.360 e. The molecule has 2 rings (SSSR count). The first kappa shape index (κ1) is 15.8. The molecule has 0 N–H and O–H groups in total. The van der Waals surface area contributed by atoms with Crippen LogP contribution in [0.2, 0.25) is 10.0 Å². The van der Waals surface area contributed by atoms with Crippen LogP contribution in [0.5, 0.6) is 0 Å². The third kappa shape index (κ3) is 3.36. The predicted octanol–water partition coefficient (Wildman–Crippen LogP) is 3.54. The Morgan fingerprint density at radius 2 is 2.10 bits per heavy atom. The molecule has 7 heteroatoms. The lowest BCUT2D eigenvalue weighted by atomic mass is 10.1. The zero-order chi connectivity index (χ0) is 15.6. The molecule has 0 fully saturated rings. The molecule has 0 spiro atoms. The van der Waals surface area contributed by atoms with E-state index in [2.05, 4.69) is 10.3 Å². The normalized spacial score (nSPS) is 11.0. The molecular formula is C14H15Cl2N3O2. The Morgan fingerprint density at radius 1 is 1.38 bits per heavy atom. The van der Waals surface area contributed by atoms with Crippen LogP contribution in [0.4, 0.5) is 0 Å². The van der Waals surface area contributed by atoms with Crippen molar-refractivity contribution in [3.63, 3.8) is 0 Å². The largest absolute Gasteiger partial charge is 0.464 e. The summed E-state index contributed by atoms with van der Waals surface area (Å²) in [5, 5.41) is 9.08. The number of nitrogens with zero attached hydrogens (tertiary/aromatic N) is 3. The van der Waals surface area contributed by atoms with Crippen LogP contribution in [0.15, 0.2) is 18.2 Å². The molecule has 0 aliphatic rings. The first-order valence-electron chi connectivity index (χ1n) is 6.39. The number of benzene rings is 1. The fraction of sp³-hybridized carbons (Fsp3) is 0.357. The summed E-state index contributed by atoms with van der Waals surface area (Å²) in [6.45, 7) is 4.34. The number of halogens is 2. The maximum Gasteiger partial charge on any atom is 0.360 e. The minimum atomic E-state index is -0.493. The van der Waals surface area contributed by atoms with Crippen molar-refractivity contribution in [1.82, 2.24) is 15.0 Å². The minimum Gasteiger partial charge on any atom is -0.464 e. The van der Waals surface area contributed by atoms with Crippen molar-refractivity contribution >= 4 is 29.2 Å². The average Bonchev–Trinajstić information content (AvgIpc) is 2.85. The summed E-state index contributed by atoms with van der Waals surface area (Å²) < 4.78 is 6.39. The van der Waals surface area contributed by atoms with Gasteiger partial charge in [-0.15, -0.1) is 5.10 Å². The number of ether oxygens (including phenoxy) is 1. The molecule has 0 saturated heterocycles. The summed E-state index contributed by atoms with van der Waals surface area (Å²) in [7, 11) is 1.32. The first-order chi connectivity index (χ1) is 9.93. The number of esters is 1. The number of aromatic nitrogens is 3. The molecule has 1 aromatic carbocycles. The quantitative estimate of drug-likeness (QED) is 0.806. The van der Waals surface area contributed by atoms with Gasteiger partial charge in [0.25, 0.3) is 0 Å². The third-order valence-corrected chi connectivity index (χ3v) is 3.62. The Morgan fingerprint density at radius 3 is 2.67 bits per heavy atom. The molecule has 112 valence electrons. The maximum absolute atomic E-state index is 11.7. The Kier molecular flexibility index (Phi) is 4.85. The van der Waals surface area contributed by atoms with Gasteiger partial charge in [-0.1, -0.05) is 48.3 Å². The Bertz CT molecular complexity index is 668. The summed E-state index contributed by atoms with van der Waals surface area (Å²) in [5.74, 6) is -0.424. The van der Waals surface area contributed by atoms with Crippen molar-refractivity contribution < 1.29 is 9.53 Å². The van der Waals surface area contributed by atoms with E-state index < -0.39 is 5.97 Å². The molecule has 1 aromatic heterocycles. The van der Waals surface area contributed by atoms with Crippen LogP contribution in [0.3, 0.4) is 0 Å². The summed E-state index contributed by atoms with van der Waals surface area (Å²) in [5.41, 5.74) is 1.80. The van der Waals surface area contributed by atoms with Crippen LogP contribution in [-0.2, 0) is 11.3 Å². The molecule has 1 heterocycles. The van der Waals surface area contributed by atoms with E-state index in [0.29, 0.717) is 22.3 Å². The Labute approximate surface area is 132 Å². The van der Waals surface area contributed by atoms with Crippen LogP contribution in [-0.4, -0.2) is 28.1 Å². The van der Waals surface area contributed by atoms with Gasteiger partial charge in [-0.25, -0.2) is 9.48 Å². The molecular weight excluding hydrogens is 313 g/mol. The van der Waals surface area contributed by atoms with E-state index in [0.717, 1.165) is 5.56 Å². The van der Waals surface area contributed by atoms with E-state index in [-0.39, 0.29) is 11.6 Å². The lowest BCUT2D eigenvalue weighted by Gasteiger charge is -2.11. The van der Waals surface area contributed by atoms with Crippen LogP contribution >= 0.6 is 23.2 Å². The highest BCUT2D eigenvalue weighted by Gasteiger charge is 2.23. The van der Waals surface area contributed by atoms with Crippen molar-refractivity contribution in [2.75, 3.05) is 7.11 Å². The second-order valence-electron chi connectivity index (χ2n) is 4.86. The summed E-state index contributed by atoms with van der Waals surface area (Å²) in [6.07, 6.45) is 0. The van der Waals surface area contributed by atoms with Gasteiger partial charge in [0, 0.05) is 10.0 Å². The summed E-state index contributed by atoms with van der Waals surface area (Å²) in [4.78, 5) is 11.7. The van der Waals surface area contributed by atoms with E-state index in [1.165, 1.54) is 7.11 Å². The van der Waals surface area contributed by atoms with Crippen LogP contribution < -0.4 is 0 Å². The lowest BCUT2D eigenvalue weighted by Crippen LogP contribution is -2.12. The van der Waals surface area contributed by atoms with E-state index in [1.807, 2.05) is 19.9 Å². The highest BCUT2D eigenvalue weighted by atomic mass is 35.5. The Balaban J connectivity index is 2.40. The van der Waals surface area contributed by atoms with Crippen LogP contribution in [0.25, 0.3) is 0 Å². The Hall–Kier alpha value is -1.59. The molecule has 0 aliphatic heterocycles. The number of methoxy groups -OCH3 is 1. The van der Waals surface area contributed by atoms with E-state index in [9.17, 15) is 4.79 Å². The van der Waals surface area contributed by atoms with Gasteiger partial charge in [-0.05, 0) is 23.6 Å². The number of hydrogen-bond acceptors (Lipinski definition) is 4. The molecule has 2 aromatic rings. The number of rotatable bonds is 4. The molecule has 0 unspecified atom stereocenters. The van der Waals surface area contributed by atoms with Crippen molar-refractivity contribution in [2.45, 2.75) is 26.3 Å². The summed E-state index contributed by atoms with van der Waals surface area (Å²) >= 11 is 12.1. The highest BCUT2D eigenvalue weighted by molar-refractivity contribution is 6.35. The standard InChI is InChI=1S/C14H15Cl2N3O2/c1-8(2)13-12(14(20)21-3)17-18-19(13)7-9-4-5-10(15)6-11(9)16/h4-6,8H,7H2,1-3H3. The molecule has 0 amide bonds. The van der Waals surface area contributed by atoms with Gasteiger partial charge in [-0.2, -0.15) is 0 Å². The number of hydrogen-bond donors (Lipinski definition) is 0. The van der Waals surface area contributed by atoms with Gasteiger partial charge in [0.05, 0.1) is 19.3 Å². The SMILES string of the molecule is COC(=O)c1nnn(Cc2ccc(Cl)cc2Cl)c1C(C)C. The second kappa shape index (κ2) is 6.45. The van der Waals surface area contributed by atoms with E-state index in [4.69, 9.17) is 27.9 Å². The fourth-order valence-corrected chi connectivity index (χ4v) is 2.53. The van der Waals surface area contributed by atoms with Gasteiger partial charge in [-0.3, -0.25) is 0 Å². The van der Waals surface area contributed by atoms with Gasteiger partial charge in [0.1, 0.15) is 0 Å². The zero-order valence-electron chi connectivity index (χ0n) is 11.9. The monoisotopic (exact) mass is 327 g/mol. The lowest BCUT2D eigenvalue weighted by molar-refractivity contribution is 0.0592. The molecule has 5 nitrogen and oxygen atoms in total. The minimum absolute atomic E-state index is 0.0696. The van der Waals surface area contributed by atoms with E-state index >= 15 is 0 Å². The van der Waals surface area contributed by atoms with Gasteiger partial charge >= 0.3 is 5.97 Å². The fourth-order valence-electron chi connectivity index (χ4n) is 2.06. The van der Waals surface area contributed by atoms with Crippen molar-refractivity contribution in [2.24, 2.45) is 0 Å². The number of carbonyl (C=O) groups excluding carboxylic acids is 1. The van der Waals surface area contributed by atoms with Crippen LogP contribution in [0.1, 0.15) is 41.5 Å². The summed E-state index contributed by atoms with van der Waals surface area (Å²) in [6, 6.07) is 5.26. The first-order valence-corrected chi connectivity index (χ1v) is 7.15. The van der Waals surface area contributed by atoms with Crippen molar-refractivity contribution in [3.05, 3.63) is 45.2 Å². The molecule has 0 saturated carbocycles. The molecule has 0 atom stereocenters.